The number of hydrogen-bond donors (Lipinski definition) is 3. The Labute approximate surface area is 200 Å². The monoisotopic (exact) mass is 477 g/mol. The van der Waals surface area contributed by atoms with E-state index >= 15 is 0 Å². The highest BCUT2D eigenvalue weighted by Crippen LogP contribution is 2.44. The quantitative estimate of drug-likeness (QED) is 0.456. The first-order valence-corrected chi connectivity index (χ1v) is 11.9. The fourth-order valence-electron chi connectivity index (χ4n) is 4.38. The first-order valence-electron chi connectivity index (χ1n) is 11.1. The maximum Gasteiger partial charge on any atom is 0.407 e. The molecule has 9 heteroatoms. The van der Waals surface area contributed by atoms with Gasteiger partial charge in [0.25, 0.3) is 5.91 Å². The lowest BCUT2D eigenvalue weighted by atomic mass is 9.98. The second kappa shape index (κ2) is 9.26. The molecule has 1 aromatic heterocycles. The van der Waals surface area contributed by atoms with Gasteiger partial charge in [-0.05, 0) is 34.6 Å². The zero-order valence-corrected chi connectivity index (χ0v) is 19.0. The van der Waals surface area contributed by atoms with Crippen molar-refractivity contribution in [3.05, 3.63) is 75.7 Å². The Morgan fingerprint density at radius 1 is 1.03 bits per heavy atom. The Bertz CT molecular complexity index is 1210. The van der Waals surface area contributed by atoms with Crippen LogP contribution >= 0.6 is 11.3 Å². The van der Waals surface area contributed by atoms with Crippen molar-refractivity contribution in [3.8, 4) is 11.1 Å². The van der Waals surface area contributed by atoms with Crippen LogP contribution in [0.4, 0.5) is 4.79 Å². The van der Waals surface area contributed by atoms with Crippen molar-refractivity contribution in [3.63, 3.8) is 0 Å². The minimum Gasteiger partial charge on any atom is -0.481 e. The average Bonchev–Trinajstić information content (AvgIpc) is 3.36. The molecule has 174 valence electrons. The fourth-order valence-corrected chi connectivity index (χ4v) is 5.15. The number of carbonyl (C=O) groups is 3. The van der Waals surface area contributed by atoms with E-state index in [1.165, 1.54) is 28.7 Å². The lowest BCUT2D eigenvalue weighted by Gasteiger charge is -2.14. The first-order chi connectivity index (χ1) is 16.5. The summed E-state index contributed by atoms with van der Waals surface area (Å²) < 4.78 is 5.52. The molecule has 0 saturated heterocycles. The van der Waals surface area contributed by atoms with Crippen molar-refractivity contribution in [2.45, 2.75) is 18.9 Å². The molecule has 3 N–H and O–H groups in total. The second-order valence-electron chi connectivity index (χ2n) is 8.45. The van der Waals surface area contributed by atoms with Crippen molar-refractivity contribution in [1.29, 1.82) is 0 Å². The van der Waals surface area contributed by atoms with Crippen molar-refractivity contribution >= 4 is 29.3 Å². The Morgan fingerprint density at radius 2 is 1.71 bits per heavy atom. The van der Waals surface area contributed by atoms with Crippen molar-refractivity contribution in [2.75, 3.05) is 13.2 Å². The van der Waals surface area contributed by atoms with Crippen LogP contribution in [0.1, 0.15) is 38.1 Å². The zero-order chi connectivity index (χ0) is 23.7. The molecule has 2 aliphatic rings. The molecule has 5 rings (SSSR count). The predicted octanol–water partition coefficient (Wildman–Crippen LogP) is 3.63. The van der Waals surface area contributed by atoms with Gasteiger partial charge in [0.15, 0.2) is 0 Å². The summed E-state index contributed by atoms with van der Waals surface area (Å²) in [7, 11) is 0. The molecular weight excluding hydrogens is 454 g/mol. The van der Waals surface area contributed by atoms with Crippen LogP contribution in [0.15, 0.2) is 54.7 Å². The van der Waals surface area contributed by atoms with Gasteiger partial charge in [0.1, 0.15) is 16.5 Å². The summed E-state index contributed by atoms with van der Waals surface area (Å²) >= 11 is 1.18. The lowest BCUT2D eigenvalue weighted by Crippen LogP contribution is -2.26. The number of alkyl carbamates (subject to hydrolysis) is 1. The summed E-state index contributed by atoms with van der Waals surface area (Å²) in [4.78, 5) is 40.1. The topological polar surface area (TPSA) is 118 Å². The third-order valence-electron chi connectivity index (χ3n) is 6.27. The number of aliphatic carboxylic acids is 1. The highest BCUT2D eigenvalue weighted by atomic mass is 32.1. The molecule has 2 unspecified atom stereocenters. The molecule has 2 aromatic carbocycles. The van der Waals surface area contributed by atoms with E-state index in [2.05, 4.69) is 39.9 Å². The highest BCUT2D eigenvalue weighted by Gasteiger charge is 2.43. The minimum atomic E-state index is -0.821. The fraction of sp³-hybridized carbons (Fsp3) is 0.280. The summed E-state index contributed by atoms with van der Waals surface area (Å²) in [5.74, 6) is -1.50. The number of carboxylic acids is 1. The number of rotatable bonds is 8. The molecule has 2 atom stereocenters. The van der Waals surface area contributed by atoms with Crippen LogP contribution in [0.25, 0.3) is 11.1 Å². The van der Waals surface area contributed by atoms with Crippen LogP contribution in [0.2, 0.25) is 0 Å². The van der Waals surface area contributed by atoms with Gasteiger partial charge in [0.05, 0.1) is 18.7 Å². The Morgan fingerprint density at radius 3 is 2.35 bits per heavy atom. The van der Waals surface area contributed by atoms with Gasteiger partial charge in [-0.2, -0.15) is 0 Å². The molecule has 3 aromatic rings. The van der Waals surface area contributed by atoms with Crippen molar-refractivity contribution in [1.82, 2.24) is 15.6 Å². The molecule has 0 spiro atoms. The molecule has 0 bridgehead atoms. The first kappa shape index (κ1) is 22.1. The third-order valence-corrected chi connectivity index (χ3v) is 7.27. The highest BCUT2D eigenvalue weighted by molar-refractivity contribution is 7.13. The molecular formula is C25H23N3O5S. The number of carbonyl (C=O) groups excluding carboxylic acids is 2. The maximum atomic E-state index is 12.3. The summed E-state index contributed by atoms with van der Waals surface area (Å²) in [6.45, 7) is 0.712. The van der Waals surface area contributed by atoms with Gasteiger partial charge < -0.3 is 20.5 Å². The number of ether oxygens (including phenoxy) is 1. The van der Waals surface area contributed by atoms with Gasteiger partial charge in [-0.1, -0.05) is 48.5 Å². The van der Waals surface area contributed by atoms with Crippen LogP contribution in [-0.2, 0) is 16.1 Å². The number of thiazole rings is 1. The Hall–Kier alpha value is -3.72. The predicted molar refractivity (Wildman–Crippen MR) is 126 cm³/mol. The van der Waals surface area contributed by atoms with E-state index in [-0.39, 0.29) is 36.8 Å². The number of nitrogens with one attached hydrogen (secondary N) is 2. The van der Waals surface area contributed by atoms with Gasteiger partial charge >= 0.3 is 12.1 Å². The number of amides is 2. The molecule has 2 amide bonds. The van der Waals surface area contributed by atoms with E-state index in [9.17, 15) is 14.4 Å². The molecule has 1 heterocycles. The van der Waals surface area contributed by atoms with E-state index in [4.69, 9.17) is 9.84 Å². The second-order valence-corrected chi connectivity index (χ2v) is 9.56. The van der Waals surface area contributed by atoms with Gasteiger partial charge in [-0.15, -0.1) is 11.3 Å². The summed E-state index contributed by atoms with van der Waals surface area (Å²) in [6, 6.07) is 16.3. The minimum absolute atomic E-state index is 0.0101. The normalized spacial score (nSPS) is 18.0. The van der Waals surface area contributed by atoms with Gasteiger partial charge in [-0.25, -0.2) is 9.78 Å². The van der Waals surface area contributed by atoms with Gasteiger partial charge in [0.2, 0.25) is 0 Å². The Kier molecular flexibility index (Phi) is 6.02. The number of fused-ring (bicyclic) bond motifs is 3. The van der Waals surface area contributed by atoms with E-state index in [1.807, 2.05) is 24.3 Å². The molecule has 0 radical (unpaired) electrons. The van der Waals surface area contributed by atoms with Gasteiger partial charge in [-0.3, -0.25) is 9.59 Å². The van der Waals surface area contributed by atoms with E-state index in [0.717, 1.165) is 11.1 Å². The lowest BCUT2D eigenvalue weighted by molar-refractivity contribution is -0.138. The molecule has 1 saturated carbocycles. The third kappa shape index (κ3) is 4.51. The van der Waals surface area contributed by atoms with E-state index in [0.29, 0.717) is 22.9 Å². The number of benzene rings is 2. The standard InChI is InChI=1S/C25H23N3O5S/c29-23(27-10-14-9-19(14)24(30)31)21-11-26-22(34-21)12-28-25(32)33-13-20-17-7-3-1-5-15(17)16-6-2-4-8-18(16)20/h1-8,11,14,19-20H,9-10,12-13H2,(H,27,29)(H,28,32)(H,30,31). The summed E-state index contributed by atoms with van der Waals surface area (Å²) in [5.41, 5.74) is 4.63. The molecule has 8 nitrogen and oxygen atoms in total. The van der Waals surface area contributed by atoms with Crippen molar-refractivity contribution < 1.29 is 24.2 Å². The molecule has 2 aliphatic carbocycles. The van der Waals surface area contributed by atoms with Crippen LogP contribution in [0, 0.1) is 11.8 Å². The maximum absolute atomic E-state index is 12.3. The molecule has 1 fully saturated rings. The SMILES string of the molecule is O=C(NCc1ncc(C(=O)NCC2CC2C(=O)O)s1)OCC1c2ccccc2-c2ccccc21. The number of nitrogens with zero attached hydrogens (tertiary/aromatic N) is 1. The molecule has 0 aliphatic heterocycles. The number of carboxylic acid groups (broad SMARTS) is 1. The van der Waals surface area contributed by atoms with E-state index in [1.54, 1.807) is 0 Å². The van der Waals surface area contributed by atoms with Crippen molar-refractivity contribution in [2.24, 2.45) is 11.8 Å². The number of hydrogen-bond acceptors (Lipinski definition) is 6. The summed E-state index contributed by atoms with van der Waals surface area (Å²) in [5, 5.41) is 15.0. The van der Waals surface area contributed by atoms with Crippen LogP contribution in [-0.4, -0.2) is 41.2 Å². The van der Waals surface area contributed by atoms with Crippen LogP contribution in [0.5, 0.6) is 0 Å². The smallest absolute Gasteiger partial charge is 0.407 e. The summed E-state index contributed by atoms with van der Waals surface area (Å²) in [6.07, 6.45) is 1.50. The van der Waals surface area contributed by atoms with Crippen LogP contribution in [0.3, 0.4) is 0 Å². The Balaban J connectivity index is 1.11. The zero-order valence-electron chi connectivity index (χ0n) is 18.2. The largest absolute Gasteiger partial charge is 0.481 e. The average molecular weight is 478 g/mol. The van der Waals surface area contributed by atoms with E-state index < -0.39 is 12.1 Å². The van der Waals surface area contributed by atoms with Gasteiger partial charge in [0, 0.05) is 12.5 Å². The number of aromatic nitrogens is 1. The van der Waals surface area contributed by atoms with Crippen LogP contribution < -0.4 is 10.6 Å². The molecule has 34 heavy (non-hydrogen) atoms.